The number of nitrogens with one attached hydrogen (secondary N) is 1. The molecule has 0 aromatic carbocycles. The molecule has 3 atom stereocenters. The first kappa shape index (κ1) is 52.7. The number of carbonyl (C=O) groups is 1. The van der Waals surface area contributed by atoms with Crippen LogP contribution in [0.1, 0.15) is 194 Å². The Hall–Kier alpha value is -1.28. The van der Waals surface area contributed by atoms with Crippen molar-refractivity contribution < 1.29 is 32.9 Å². The molecule has 8 nitrogen and oxygen atoms in total. The second-order valence-corrected chi connectivity index (χ2v) is 17.9. The number of rotatable bonds is 40. The second kappa shape index (κ2) is 37.3. The van der Waals surface area contributed by atoms with E-state index in [0.717, 1.165) is 51.4 Å². The summed E-state index contributed by atoms with van der Waals surface area (Å²) < 4.78 is 23.5. The molecule has 54 heavy (non-hydrogen) atoms. The first-order valence-electron chi connectivity index (χ1n) is 22.4. The Morgan fingerprint density at radius 2 is 1.02 bits per heavy atom. The van der Waals surface area contributed by atoms with Gasteiger partial charge in [-0.1, -0.05) is 166 Å². The lowest BCUT2D eigenvalue weighted by Gasteiger charge is -2.25. The average Bonchev–Trinajstić information content (AvgIpc) is 3.12. The number of aliphatic hydroxyl groups is 1. The van der Waals surface area contributed by atoms with Crippen LogP contribution in [-0.2, 0) is 18.4 Å². The summed E-state index contributed by atoms with van der Waals surface area (Å²) in [4.78, 5) is 23.1. The minimum Gasteiger partial charge on any atom is -0.387 e. The summed E-state index contributed by atoms with van der Waals surface area (Å²) in [7, 11) is 1.54. The molecule has 9 heteroatoms. The Balaban J connectivity index is 4.48. The lowest BCUT2D eigenvalue weighted by Crippen LogP contribution is -2.45. The number of unbranched alkanes of at least 4 members (excludes halogenated alkanes) is 23. The summed E-state index contributed by atoms with van der Waals surface area (Å²) in [5.41, 5.74) is 0. The minimum absolute atomic E-state index is 0.0534. The molecule has 0 rings (SSSR count). The molecular formula is C45H88N2O6P+. The Bertz CT molecular complexity index is 980. The summed E-state index contributed by atoms with van der Waals surface area (Å²) in [6.07, 6.45) is 45.0. The molecule has 1 amide bonds. The van der Waals surface area contributed by atoms with Crippen LogP contribution >= 0.6 is 7.82 Å². The highest BCUT2D eigenvalue weighted by atomic mass is 31.2. The molecular weight excluding hydrogens is 695 g/mol. The number of phosphoric ester groups is 1. The largest absolute Gasteiger partial charge is 0.472 e. The molecule has 0 bridgehead atoms. The van der Waals surface area contributed by atoms with Crippen molar-refractivity contribution >= 4 is 13.7 Å². The second-order valence-electron chi connectivity index (χ2n) is 16.4. The maximum Gasteiger partial charge on any atom is 0.472 e. The third kappa shape index (κ3) is 39.0. The van der Waals surface area contributed by atoms with E-state index in [9.17, 15) is 19.4 Å². The molecule has 0 saturated heterocycles. The van der Waals surface area contributed by atoms with Crippen molar-refractivity contribution in [2.24, 2.45) is 0 Å². The number of phosphoric acid groups is 1. The van der Waals surface area contributed by atoms with Gasteiger partial charge in [0, 0.05) is 6.42 Å². The number of aliphatic hydroxyl groups excluding tert-OH is 1. The van der Waals surface area contributed by atoms with Gasteiger partial charge in [-0.2, -0.15) is 0 Å². The van der Waals surface area contributed by atoms with Gasteiger partial charge >= 0.3 is 7.82 Å². The van der Waals surface area contributed by atoms with Crippen LogP contribution in [0.3, 0.4) is 0 Å². The predicted octanol–water partition coefficient (Wildman–Crippen LogP) is 12.3. The van der Waals surface area contributed by atoms with Crippen LogP contribution < -0.4 is 5.32 Å². The topological polar surface area (TPSA) is 105 Å². The number of carbonyl (C=O) groups excluding carboxylic acids is 1. The first-order chi connectivity index (χ1) is 26.0. The van der Waals surface area contributed by atoms with E-state index in [0.29, 0.717) is 17.4 Å². The van der Waals surface area contributed by atoms with Crippen molar-refractivity contribution in [3.05, 3.63) is 36.5 Å². The van der Waals surface area contributed by atoms with Crippen molar-refractivity contribution in [3.63, 3.8) is 0 Å². The van der Waals surface area contributed by atoms with Crippen molar-refractivity contribution in [2.45, 2.75) is 206 Å². The van der Waals surface area contributed by atoms with Gasteiger partial charge in [0.1, 0.15) is 13.2 Å². The van der Waals surface area contributed by atoms with Gasteiger partial charge in [-0.05, 0) is 57.8 Å². The van der Waals surface area contributed by atoms with Crippen LogP contribution in [0.5, 0.6) is 0 Å². The first-order valence-corrected chi connectivity index (χ1v) is 23.9. The van der Waals surface area contributed by atoms with E-state index in [1.807, 2.05) is 27.2 Å². The number of nitrogens with zero attached hydrogens (tertiary/aromatic N) is 1. The third-order valence-corrected chi connectivity index (χ3v) is 10.8. The SMILES string of the molecule is CCCCCCCC/C=C\CCCCCC(=O)NC(COP(=O)(O)OCC[N+](C)(C)C)C(O)/C=C/CC/C=C/CCCCCCCCCCCCCCC. The standard InChI is InChI=1S/C45H87N2O6P/c1-6-8-10-12-14-16-18-20-21-22-23-24-25-27-28-30-32-34-36-38-44(48)43(42-53-54(50,51)52-41-40-47(3,4)5)46-45(49)39-37-35-33-31-29-26-19-17-15-13-11-9-7-2/h26,28-30,36,38,43-44,48H,6-25,27,31-35,37,39-42H2,1-5H3,(H-,46,49,50,51)/p+1/b29-26-,30-28+,38-36+. The van der Waals surface area contributed by atoms with E-state index in [-0.39, 0.29) is 19.1 Å². The van der Waals surface area contributed by atoms with Crippen molar-refractivity contribution in [1.82, 2.24) is 5.32 Å². The average molecular weight is 784 g/mol. The fraction of sp³-hybridized carbons (Fsp3) is 0.844. The number of allylic oxidation sites excluding steroid dienone is 5. The maximum atomic E-state index is 12.8. The molecule has 0 aliphatic heterocycles. The van der Waals surface area contributed by atoms with E-state index >= 15 is 0 Å². The fourth-order valence-electron chi connectivity index (χ4n) is 6.23. The molecule has 0 heterocycles. The van der Waals surface area contributed by atoms with E-state index in [4.69, 9.17) is 9.05 Å². The van der Waals surface area contributed by atoms with Crippen molar-refractivity contribution in [3.8, 4) is 0 Å². The molecule has 3 unspecified atom stereocenters. The van der Waals surface area contributed by atoms with E-state index in [2.05, 4.69) is 43.5 Å². The van der Waals surface area contributed by atoms with Crippen LogP contribution in [0.4, 0.5) is 0 Å². The zero-order valence-corrected chi connectivity index (χ0v) is 36.9. The zero-order valence-electron chi connectivity index (χ0n) is 36.0. The molecule has 0 saturated carbocycles. The summed E-state index contributed by atoms with van der Waals surface area (Å²) in [6, 6.07) is -0.868. The Kier molecular flexibility index (Phi) is 36.4. The molecule has 0 aromatic rings. The molecule has 318 valence electrons. The number of hydrogen-bond donors (Lipinski definition) is 3. The van der Waals surface area contributed by atoms with Gasteiger partial charge in [-0.25, -0.2) is 4.57 Å². The zero-order chi connectivity index (χ0) is 40.0. The van der Waals surface area contributed by atoms with Gasteiger partial charge in [-0.15, -0.1) is 0 Å². The highest BCUT2D eigenvalue weighted by Crippen LogP contribution is 2.43. The van der Waals surface area contributed by atoms with Gasteiger partial charge in [0.25, 0.3) is 0 Å². The van der Waals surface area contributed by atoms with Gasteiger partial charge in [0.2, 0.25) is 5.91 Å². The summed E-state index contributed by atoms with van der Waals surface area (Å²) in [5.74, 6) is -0.204. The summed E-state index contributed by atoms with van der Waals surface area (Å²) >= 11 is 0. The highest BCUT2D eigenvalue weighted by Gasteiger charge is 2.27. The Labute approximate surface area is 334 Å². The van der Waals surface area contributed by atoms with E-state index in [1.165, 1.54) is 122 Å². The number of likely N-dealkylation sites (N-methyl/N-ethyl adjacent to an activating group) is 1. The maximum absolute atomic E-state index is 12.8. The van der Waals surface area contributed by atoms with Crippen LogP contribution in [0.2, 0.25) is 0 Å². The van der Waals surface area contributed by atoms with Crippen LogP contribution in [-0.4, -0.2) is 73.4 Å². The fourth-order valence-corrected chi connectivity index (χ4v) is 6.96. The Morgan fingerprint density at radius 1 is 0.611 bits per heavy atom. The normalized spacial score (nSPS) is 14.7. The minimum atomic E-state index is -4.35. The molecule has 0 aliphatic rings. The molecule has 0 aliphatic carbocycles. The smallest absolute Gasteiger partial charge is 0.387 e. The summed E-state index contributed by atoms with van der Waals surface area (Å²) in [6.45, 7) is 4.77. The number of quaternary nitrogens is 1. The molecule has 0 aromatic heterocycles. The van der Waals surface area contributed by atoms with Gasteiger partial charge in [-0.3, -0.25) is 13.8 Å². The molecule has 3 N–H and O–H groups in total. The van der Waals surface area contributed by atoms with Crippen LogP contribution in [0, 0.1) is 0 Å². The van der Waals surface area contributed by atoms with Crippen molar-refractivity contribution in [2.75, 3.05) is 40.9 Å². The highest BCUT2D eigenvalue weighted by molar-refractivity contribution is 7.47. The number of hydrogen-bond acceptors (Lipinski definition) is 5. The van der Waals surface area contributed by atoms with Crippen LogP contribution in [0.15, 0.2) is 36.5 Å². The molecule has 0 spiro atoms. The van der Waals surface area contributed by atoms with E-state index in [1.54, 1.807) is 6.08 Å². The number of amides is 1. The van der Waals surface area contributed by atoms with Gasteiger partial charge in [0.15, 0.2) is 0 Å². The van der Waals surface area contributed by atoms with Gasteiger partial charge < -0.3 is 19.8 Å². The van der Waals surface area contributed by atoms with E-state index < -0.39 is 20.0 Å². The summed E-state index contributed by atoms with van der Waals surface area (Å²) in [5, 5.41) is 13.8. The van der Waals surface area contributed by atoms with Crippen molar-refractivity contribution in [1.29, 1.82) is 0 Å². The monoisotopic (exact) mass is 784 g/mol. The predicted molar refractivity (Wildman–Crippen MR) is 231 cm³/mol. The van der Waals surface area contributed by atoms with Gasteiger partial charge in [0.05, 0.1) is 39.9 Å². The van der Waals surface area contributed by atoms with Crippen LogP contribution in [0.25, 0.3) is 0 Å². The Morgan fingerprint density at radius 3 is 1.48 bits per heavy atom. The lowest BCUT2D eigenvalue weighted by molar-refractivity contribution is -0.870. The molecule has 0 radical (unpaired) electrons. The lowest BCUT2D eigenvalue weighted by atomic mass is 10.0. The quantitative estimate of drug-likeness (QED) is 0.0247. The third-order valence-electron chi connectivity index (χ3n) is 9.83. The molecule has 0 fully saturated rings.